The molecule has 2 atom stereocenters. The van der Waals surface area contributed by atoms with Crippen LogP contribution >= 0.6 is 0 Å². The molecule has 0 amide bonds. The number of alkyl halides is 3. The second kappa shape index (κ2) is 7.00. The molecule has 0 spiro atoms. The fraction of sp³-hybridized carbons (Fsp3) is 0.350. The third-order valence-electron chi connectivity index (χ3n) is 4.83. The average Bonchev–Trinajstić information content (AvgIpc) is 2.62. The molecule has 2 nitrogen and oxygen atoms in total. The molecule has 2 unspecified atom stereocenters. The van der Waals surface area contributed by atoms with Gasteiger partial charge < -0.3 is 4.90 Å². The number of ketones is 1. The molecule has 132 valence electrons. The van der Waals surface area contributed by atoms with E-state index < -0.39 is 17.7 Å². The molecule has 1 saturated heterocycles. The molecule has 3 rings (SSSR count). The first kappa shape index (κ1) is 17.7. The van der Waals surface area contributed by atoms with Gasteiger partial charge in [-0.15, -0.1) is 0 Å². The Balaban J connectivity index is 1.96. The molecule has 5 heteroatoms. The van der Waals surface area contributed by atoms with Gasteiger partial charge in [-0.1, -0.05) is 55.5 Å². The van der Waals surface area contributed by atoms with Crippen LogP contribution in [0.1, 0.15) is 35.4 Å². The quantitative estimate of drug-likeness (QED) is 0.816. The molecule has 0 bridgehead atoms. The maximum absolute atomic E-state index is 13.0. The van der Waals surface area contributed by atoms with Crippen LogP contribution in [0.4, 0.5) is 13.2 Å². The second-order valence-electron chi connectivity index (χ2n) is 6.39. The Morgan fingerprint density at radius 2 is 1.56 bits per heavy atom. The van der Waals surface area contributed by atoms with Gasteiger partial charge >= 0.3 is 6.18 Å². The number of likely N-dealkylation sites (N-methyl/N-ethyl adjacent to an activating group) is 1. The first-order valence-electron chi connectivity index (χ1n) is 8.38. The summed E-state index contributed by atoms with van der Waals surface area (Å²) in [6, 6.07) is 14.6. The van der Waals surface area contributed by atoms with Gasteiger partial charge in [0.15, 0.2) is 0 Å². The highest BCUT2D eigenvalue weighted by Gasteiger charge is 2.37. The minimum atomic E-state index is -4.41. The second-order valence-corrected chi connectivity index (χ2v) is 6.39. The highest BCUT2D eigenvalue weighted by molar-refractivity contribution is 5.93. The Bertz CT molecular complexity index is 742. The SMILES string of the molecule is CCN1CC(c2ccccc2)C(=O)C(c2cccc(C(F)(F)F)c2)C1. The smallest absolute Gasteiger partial charge is 0.302 e. The molecule has 1 aliphatic heterocycles. The van der Waals surface area contributed by atoms with Gasteiger partial charge in [0.05, 0.1) is 17.4 Å². The van der Waals surface area contributed by atoms with Gasteiger partial charge in [0.1, 0.15) is 5.78 Å². The van der Waals surface area contributed by atoms with Gasteiger partial charge in [0, 0.05) is 13.1 Å². The lowest BCUT2D eigenvalue weighted by Gasteiger charge is -2.36. The highest BCUT2D eigenvalue weighted by atomic mass is 19.4. The fourth-order valence-corrected chi connectivity index (χ4v) is 3.43. The summed E-state index contributed by atoms with van der Waals surface area (Å²) < 4.78 is 39.1. The molecule has 0 aliphatic carbocycles. The number of halogens is 3. The van der Waals surface area contributed by atoms with Crippen molar-refractivity contribution in [1.29, 1.82) is 0 Å². The number of carbonyl (C=O) groups is 1. The van der Waals surface area contributed by atoms with E-state index in [1.165, 1.54) is 6.07 Å². The molecular weight excluding hydrogens is 327 g/mol. The summed E-state index contributed by atoms with van der Waals surface area (Å²) in [5, 5.41) is 0. The van der Waals surface area contributed by atoms with E-state index >= 15 is 0 Å². The van der Waals surface area contributed by atoms with E-state index in [9.17, 15) is 18.0 Å². The van der Waals surface area contributed by atoms with Crippen molar-refractivity contribution in [3.8, 4) is 0 Å². The van der Waals surface area contributed by atoms with E-state index in [2.05, 4.69) is 4.90 Å². The standard InChI is InChI=1S/C20H20F3NO/c1-2-24-12-17(14-7-4-3-5-8-14)19(25)18(13-24)15-9-6-10-16(11-15)20(21,22)23/h3-11,17-18H,2,12-13H2,1H3. The van der Waals surface area contributed by atoms with Crippen molar-refractivity contribution in [2.45, 2.75) is 24.9 Å². The molecular formula is C20H20F3NO. The van der Waals surface area contributed by atoms with E-state index in [0.29, 0.717) is 18.7 Å². The van der Waals surface area contributed by atoms with Gasteiger partial charge in [0.2, 0.25) is 0 Å². The van der Waals surface area contributed by atoms with Crippen LogP contribution in [-0.4, -0.2) is 30.3 Å². The highest BCUT2D eigenvalue weighted by Crippen LogP contribution is 2.35. The Kier molecular flexibility index (Phi) is 4.95. The van der Waals surface area contributed by atoms with Crippen molar-refractivity contribution in [2.24, 2.45) is 0 Å². The van der Waals surface area contributed by atoms with Gasteiger partial charge in [-0.2, -0.15) is 13.2 Å². The monoisotopic (exact) mass is 347 g/mol. The predicted octanol–water partition coefficient (Wildman–Crippen LogP) is 4.48. The number of rotatable bonds is 3. The van der Waals surface area contributed by atoms with Crippen LogP contribution in [0, 0.1) is 0 Å². The lowest BCUT2D eigenvalue weighted by molar-refractivity contribution is -0.137. The topological polar surface area (TPSA) is 20.3 Å². The Morgan fingerprint density at radius 1 is 0.960 bits per heavy atom. The number of hydrogen-bond donors (Lipinski definition) is 0. The van der Waals surface area contributed by atoms with Crippen LogP contribution < -0.4 is 0 Å². The minimum absolute atomic E-state index is 0.00442. The van der Waals surface area contributed by atoms with Crippen molar-refractivity contribution in [3.05, 3.63) is 71.3 Å². The zero-order chi connectivity index (χ0) is 18.0. The van der Waals surface area contributed by atoms with Crippen LogP contribution in [0.5, 0.6) is 0 Å². The third kappa shape index (κ3) is 3.76. The first-order chi connectivity index (χ1) is 11.9. The van der Waals surface area contributed by atoms with Crippen LogP contribution in [0.3, 0.4) is 0 Å². The molecule has 0 N–H and O–H groups in total. The zero-order valence-electron chi connectivity index (χ0n) is 14.0. The van der Waals surface area contributed by atoms with Crippen molar-refractivity contribution in [2.75, 3.05) is 19.6 Å². The van der Waals surface area contributed by atoms with Crippen molar-refractivity contribution < 1.29 is 18.0 Å². The fourth-order valence-electron chi connectivity index (χ4n) is 3.43. The molecule has 0 saturated carbocycles. The summed E-state index contributed by atoms with van der Waals surface area (Å²) in [4.78, 5) is 15.2. The number of nitrogens with zero attached hydrogens (tertiary/aromatic N) is 1. The van der Waals surface area contributed by atoms with E-state index in [0.717, 1.165) is 24.2 Å². The lowest BCUT2D eigenvalue weighted by Crippen LogP contribution is -2.44. The molecule has 0 aromatic heterocycles. The average molecular weight is 347 g/mol. The maximum Gasteiger partial charge on any atom is 0.416 e. The molecule has 1 heterocycles. The van der Waals surface area contributed by atoms with Crippen LogP contribution in [-0.2, 0) is 11.0 Å². The normalized spacial score (nSPS) is 22.2. The summed E-state index contributed by atoms with van der Waals surface area (Å²) >= 11 is 0. The van der Waals surface area contributed by atoms with E-state index in [4.69, 9.17) is 0 Å². The van der Waals surface area contributed by atoms with Crippen LogP contribution in [0.2, 0.25) is 0 Å². The third-order valence-corrected chi connectivity index (χ3v) is 4.83. The molecule has 25 heavy (non-hydrogen) atoms. The molecule has 1 aliphatic rings. The van der Waals surface area contributed by atoms with Crippen molar-refractivity contribution in [3.63, 3.8) is 0 Å². The van der Waals surface area contributed by atoms with Gasteiger partial charge in [-0.25, -0.2) is 0 Å². The number of likely N-dealkylation sites (tertiary alicyclic amines) is 1. The summed E-state index contributed by atoms with van der Waals surface area (Å²) in [6.07, 6.45) is -4.41. The zero-order valence-corrected chi connectivity index (χ0v) is 14.0. The van der Waals surface area contributed by atoms with Crippen LogP contribution in [0.15, 0.2) is 54.6 Å². The largest absolute Gasteiger partial charge is 0.416 e. The Morgan fingerprint density at radius 3 is 2.16 bits per heavy atom. The Labute approximate surface area is 145 Å². The molecule has 2 aromatic rings. The number of hydrogen-bond acceptors (Lipinski definition) is 2. The summed E-state index contributed by atoms with van der Waals surface area (Å²) in [5.41, 5.74) is 0.657. The number of benzene rings is 2. The Hall–Kier alpha value is -2.14. The van der Waals surface area contributed by atoms with E-state index in [1.807, 2.05) is 37.3 Å². The predicted molar refractivity (Wildman–Crippen MR) is 90.5 cm³/mol. The molecule has 2 aromatic carbocycles. The van der Waals surface area contributed by atoms with Gasteiger partial charge in [-0.3, -0.25) is 4.79 Å². The number of carbonyl (C=O) groups excluding carboxylic acids is 1. The van der Waals surface area contributed by atoms with Gasteiger partial charge in [-0.05, 0) is 23.7 Å². The van der Waals surface area contributed by atoms with Crippen molar-refractivity contribution >= 4 is 5.78 Å². The number of piperidine rings is 1. The summed E-state index contributed by atoms with van der Waals surface area (Å²) in [6.45, 7) is 3.82. The van der Waals surface area contributed by atoms with Crippen molar-refractivity contribution in [1.82, 2.24) is 4.90 Å². The number of Topliss-reactive ketones (excluding diaryl/α,β-unsaturated/α-hetero) is 1. The molecule has 1 fully saturated rings. The minimum Gasteiger partial charge on any atom is -0.302 e. The summed E-state index contributed by atoms with van der Waals surface area (Å²) in [7, 11) is 0. The van der Waals surface area contributed by atoms with E-state index in [1.54, 1.807) is 6.07 Å². The summed E-state index contributed by atoms with van der Waals surface area (Å²) in [5.74, 6) is -0.856. The maximum atomic E-state index is 13.0. The van der Waals surface area contributed by atoms with Crippen LogP contribution in [0.25, 0.3) is 0 Å². The van der Waals surface area contributed by atoms with E-state index in [-0.39, 0.29) is 11.7 Å². The molecule has 0 radical (unpaired) electrons. The first-order valence-corrected chi connectivity index (χ1v) is 8.38. The van der Waals surface area contributed by atoms with Gasteiger partial charge in [0.25, 0.3) is 0 Å². The lowest BCUT2D eigenvalue weighted by atomic mass is 9.79.